The van der Waals surface area contributed by atoms with Gasteiger partial charge in [-0.15, -0.1) is 0 Å². The molecule has 2 aromatic carbocycles. The number of carbonyl (C=O) groups excluding carboxylic acids is 1. The van der Waals surface area contributed by atoms with Crippen molar-refractivity contribution < 1.29 is 28.5 Å². The van der Waals surface area contributed by atoms with E-state index in [2.05, 4.69) is 5.32 Å². The number of aromatic hydroxyl groups is 2. The van der Waals surface area contributed by atoms with Gasteiger partial charge in [0.15, 0.2) is 0 Å². The van der Waals surface area contributed by atoms with Gasteiger partial charge in [-0.25, -0.2) is 0 Å². The summed E-state index contributed by atoms with van der Waals surface area (Å²) in [5.74, 6) is -0.929. The molecule has 0 saturated carbocycles. The largest absolute Gasteiger partial charge is 0.508 e. The number of benzene rings is 2. The van der Waals surface area contributed by atoms with Gasteiger partial charge in [-0.2, -0.15) is 8.78 Å². The number of allylic oxidation sites excluding steroid dienone is 4. The van der Waals surface area contributed by atoms with E-state index in [1.54, 1.807) is 0 Å². The molecule has 3 rings (SSSR count). The highest BCUT2D eigenvalue weighted by atomic mass is 31.0. The molecule has 1 aliphatic carbocycles. The predicted octanol–water partition coefficient (Wildman–Crippen LogP) is 5.90. The number of carbonyl (C=O) groups is 1. The van der Waals surface area contributed by atoms with E-state index >= 15 is 0 Å². The van der Waals surface area contributed by atoms with Crippen LogP contribution in [0.15, 0.2) is 71.6 Å². The topological polar surface area (TPSA) is 78.8 Å². The lowest BCUT2D eigenvalue weighted by molar-refractivity contribution is 0.0958. The SMILES string of the molecule is CC.O=C(NC1=C(C(F)(F)P)C=C(OCCc2ccccc2)CCC1)c1cc(O)ccc1O. The van der Waals surface area contributed by atoms with E-state index in [4.69, 9.17) is 4.74 Å². The fourth-order valence-electron chi connectivity index (χ4n) is 3.29. The second kappa shape index (κ2) is 12.4. The zero-order chi connectivity index (χ0) is 24.4. The van der Waals surface area contributed by atoms with Crippen LogP contribution in [-0.4, -0.2) is 28.4 Å². The Morgan fingerprint density at radius 1 is 1.12 bits per heavy atom. The van der Waals surface area contributed by atoms with Gasteiger partial charge in [-0.05, 0) is 42.7 Å². The molecular weight excluding hydrogens is 447 g/mol. The molecule has 178 valence electrons. The Morgan fingerprint density at radius 2 is 1.82 bits per heavy atom. The van der Waals surface area contributed by atoms with Crippen molar-refractivity contribution in [2.24, 2.45) is 0 Å². The standard InChI is InChI=1S/C23H24F2NO4P.C2H6/c24-23(25,31)19-14-17(30-12-11-15-5-2-1-3-6-15)7-4-8-20(19)26-22(29)18-13-16(27)9-10-21(18)28;1-2/h1-3,5-6,9-10,13-14,27-28H,4,7-8,11-12,31H2,(H,26,29);1-2H3. The number of phenols is 2. The third-order valence-electron chi connectivity index (χ3n) is 4.85. The zero-order valence-electron chi connectivity index (χ0n) is 18.8. The Morgan fingerprint density at radius 3 is 2.48 bits per heavy atom. The number of nitrogens with one attached hydrogen (secondary N) is 1. The maximum absolute atomic E-state index is 14.4. The minimum Gasteiger partial charge on any atom is -0.508 e. The summed E-state index contributed by atoms with van der Waals surface area (Å²) < 4.78 is 34.5. The average Bonchev–Trinajstić information content (AvgIpc) is 3.00. The van der Waals surface area contributed by atoms with Crippen molar-refractivity contribution in [3.05, 3.63) is 82.8 Å². The minimum absolute atomic E-state index is 0.0504. The highest BCUT2D eigenvalue weighted by Crippen LogP contribution is 2.38. The molecule has 5 nitrogen and oxygen atoms in total. The van der Waals surface area contributed by atoms with Crippen LogP contribution in [0.4, 0.5) is 8.78 Å². The van der Waals surface area contributed by atoms with Gasteiger partial charge >= 0.3 is 0 Å². The van der Waals surface area contributed by atoms with Crippen molar-refractivity contribution in [2.75, 3.05) is 6.61 Å². The van der Waals surface area contributed by atoms with Gasteiger partial charge in [-0.1, -0.05) is 53.4 Å². The summed E-state index contributed by atoms with van der Waals surface area (Å²) in [5.41, 5.74) is -2.72. The first-order valence-corrected chi connectivity index (χ1v) is 11.4. The fourth-order valence-corrected chi connectivity index (χ4v) is 3.55. The molecule has 0 bridgehead atoms. The Labute approximate surface area is 195 Å². The van der Waals surface area contributed by atoms with Crippen LogP contribution < -0.4 is 5.32 Å². The van der Waals surface area contributed by atoms with E-state index in [1.165, 1.54) is 21.4 Å². The molecule has 1 unspecified atom stereocenters. The maximum atomic E-state index is 14.4. The van der Waals surface area contributed by atoms with Crippen LogP contribution in [0.5, 0.6) is 11.5 Å². The molecule has 1 amide bonds. The number of rotatable bonds is 7. The summed E-state index contributed by atoms with van der Waals surface area (Å²) in [6.45, 7) is 4.35. The predicted molar refractivity (Wildman–Crippen MR) is 128 cm³/mol. The van der Waals surface area contributed by atoms with Crippen LogP contribution >= 0.6 is 9.24 Å². The third-order valence-corrected chi connectivity index (χ3v) is 5.16. The summed E-state index contributed by atoms with van der Waals surface area (Å²) in [7, 11) is 1.49. The molecule has 1 atom stereocenters. The monoisotopic (exact) mass is 477 g/mol. The second-order valence-corrected chi connectivity index (χ2v) is 7.94. The molecule has 8 heteroatoms. The number of halogens is 2. The van der Waals surface area contributed by atoms with Crippen LogP contribution in [0, 0.1) is 0 Å². The Hall–Kier alpha value is -2.92. The van der Waals surface area contributed by atoms with Crippen molar-refractivity contribution in [1.29, 1.82) is 0 Å². The number of alkyl halides is 2. The van der Waals surface area contributed by atoms with Gasteiger partial charge in [0.25, 0.3) is 11.6 Å². The van der Waals surface area contributed by atoms with Crippen LogP contribution in [0.25, 0.3) is 0 Å². The van der Waals surface area contributed by atoms with Crippen molar-refractivity contribution in [3.63, 3.8) is 0 Å². The number of amides is 1. The summed E-state index contributed by atoms with van der Waals surface area (Å²) in [4.78, 5) is 12.6. The second-order valence-electron chi connectivity index (χ2n) is 7.22. The molecule has 0 heterocycles. The Kier molecular flexibility index (Phi) is 9.86. The van der Waals surface area contributed by atoms with Gasteiger partial charge in [-0.3, -0.25) is 4.79 Å². The first-order chi connectivity index (χ1) is 15.7. The highest BCUT2D eigenvalue weighted by molar-refractivity contribution is 7.18. The van der Waals surface area contributed by atoms with Crippen LogP contribution in [-0.2, 0) is 11.2 Å². The van der Waals surface area contributed by atoms with E-state index in [0.29, 0.717) is 31.6 Å². The minimum atomic E-state index is -3.29. The van der Waals surface area contributed by atoms with E-state index in [9.17, 15) is 23.8 Å². The van der Waals surface area contributed by atoms with Gasteiger partial charge in [0.1, 0.15) is 11.5 Å². The normalized spacial score (nSPS) is 13.9. The highest BCUT2D eigenvalue weighted by Gasteiger charge is 2.32. The lowest BCUT2D eigenvalue weighted by Crippen LogP contribution is -2.26. The average molecular weight is 477 g/mol. The molecule has 1 aliphatic rings. The first-order valence-electron chi connectivity index (χ1n) is 10.8. The lowest BCUT2D eigenvalue weighted by Gasteiger charge is -2.18. The first kappa shape index (κ1) is 26.3. The van der Waals surface area contributed by atoms with Crippen molar-refractivity contribution >= 4 is 15.1 Å². The van der Waals surface area contributed by atoms with Crippen LogP contribution in [0.3, 0.4) is 0 Å². The Bertz CT molecular complexity index is 1000. The summed E-state index contributed by atoms with van der Waals surface area (Å²) in [5, 5.41) is 21.9. The third kappa shape index (κ3) is 7.86. The molecule has 0 aromatic heterocycles. The molecule has 3 N–H and O–H groups in total. The molecule has 0 aliphatic heterocycles. The van der Waals surface area contributed by atoms with Gasteiger partial charge in [0.2, 0.25) is 0 Å². The van der Waals surface area contributed by atoms with Crippen molar-refractivity contribution in [3.8, 4) is 11.5 Å². The molecule has 33 heavy (non-hydrogen) atoms. The molecule has 0 radical (unpaired) electrons. The van der Waals surface area contributed by atoms with E-state index in [-0.39, 0.29) is 34.8 Å². The number of phenolic OH excluding ortho intramolecular Hbond substituents is 2. The molecule has 0 fully saturated rings. The van der Waals surface area contributed by atoms with Crippen LogP contribution in [0.2, 0.25) is 0 Å². The van der Waals surface area contributed by atoms with Crippen LogP contribution in [0.1, 0.15) is 49.0 Å². The number of hydrogen-bond donors (Lipinski definition) is 3. The fraction of sp³-hybridized carbons (Fsp3) is 0.320. The smallest absolute Gasteiger partial charge is 0.285 e. The van der Waals surface area contributed by atoms with Gasteiger partial charge in [0.05, 0.1) is 17.9 Å². The van der Waals surface area contributed by atoms with Gasteiger partial charge in [0, 0.05) is 24.1 Å². The zero-order valence-corrected chi connectivity index (χ0v) is 19.9. The summed E-state index contributed by atoms with van der Waals surface area (Å²) >= 11 is 0. The number of hydrogen-bond acceptors (Lipinski definition) is 4. The van der Waals surface area contributed by atoms with E-state index in [1.807, 2.05) is 44.2 Å². The summed E-state index contributed by atoms with van der Waals surface area (Å²) in [6, 6.07) is 13.2. The lowest BCUT2D eigenvalue weighted by atomic mass is 10.1. The van der Waals surface area contributed by atoms with Gasteiger partial charge < -0.3 is 20.3 Å². The quantitative estimate of drug-likeness (QED) is 0.343. The molecule has 0 saturated heterocycles. The van der Waals surface area contributed by atoms with Crippen molar-refractivity contribution in [1.82, 2.24) is 5.32 Å². The van der Waals surface area contributed by atoms with E-state index in [0.717, 1.165) is 17.7 Å². The summed E-state index contributed by atoms with van der Waals surface area (Å²) in [6.07, 6.45) is 3.09. The van der Waals surface area contributed by atoms with E-state index < -0.39 is 11.6 Å². The molecular formula is C25H30F2NO4P. The van der Waals surface area contributed by atoms with Crippen molar-refractivity contribution in [2.45, 2.75) is 45.2 Å². The number of ether oxygens (including phenoxy) is 1. The Balaban J connectivity index is 0.00000187. The maximum Gasteiger partial charge on any atom is 0.285 e. The molecule has 2 aromatic rings. The molecule has 0 spiro atoms.